The molecule has 1 amide bonds. The van der Waals surface area contributed by atoms with E-state index in [1.54, 1.807) is 7.05 Å². The maximum atomic E-state index is 11.9. The molecule has 2 N–H and O–H groups in total. The summed E-state index contributed by atoms with van der Waals surface area (Å²) < 4.78 is 5.32. The van der Waals surface area contributed by atoms with E-state index >= 15 is 0 Å². The van der Waals surface area contributed by atoms with E-state index in [1.165, 1.54) is 7.11 Å². The highest BCUT2D eigenvalue weighted by Crippen LogP contribution is 2.21. The van der Waals surface area contributed by atoms with Gasteiger partial charge in [0.2, 0.25) is 0 Å². The Labute approximate surface area is 136 Å². The van der Waals surface area contributed by atoms with E-state index in [1.807, 2.05) is 54.6 Å². The van der Waals surface area contributed by atoms with Crippen molar-refractivity contribution in [2.45, 2.75) is 19.3 Å². The van der Waals surface area contributed by atoms with Crippen LogP contribution in [-0.4, -0.2) is 20.1 Å². The number of methoxy groups -OCH3 is 1. The molecule has 0 saturated heterocycles. The van der Waals surface area contributed by atoms with Gasteiger partial charge in [0.25, 0.3) is 5.91 Å². The average molecular weight is 314 g/mol. The molecule has 0 aliphatic carbocycles. The van der Waals surface area contributed by atoms with Crippen molar-refractivity contribution in [3.8, 4) is 0 Å². The van der Waals surface area contributed by atoms with Gasteiger partial charge in [0.1, 0.15) is 0 Å². The van der Waals surface area contributed by atoms with Gasteiger partial charge in [-0.05, 0) is 16.7 Å². The van der Waals surface area contributed by atoms with Gasteiger partial charge in [-0.15, -0.1) is 0 Å². The first kappa shape index (κ1) is 17.1. The lowest BCUT2D eigenvalue weighted by molar-refractivity contribution is -0.131. The molecule has 2 rings (SSSR count). The molecule has 1 unspecified atom stereocenters. The Morgan fingerprint density at radius 3 is 2.48 bits per heavy atom. The molecule has 0 radical (unpaired) electrons. The predicted octanol–water partition coefficient (Wildman–Crippen LogP) is 2.34. The van der Waals surface area contributed by atoms with Crippen molar-refractivity contribution >= 4 is 5.91 Å². The smallest absolute Gasteiger partial charge is 0.253 e. The van der Waals surface area contributed by atoms with E-state index in [4.69, 9.17) is 9.57 Å². The quantitative estimate of drug-likeness (QED) is 0.580. The second kappa shape index (κ2) is 9.05. The van der Waals surface area contributed by atoms with Gasteiger partial charge in [-0.2, -0.15) is 5.48 Å². The van der Waals surface area contributed by atoms with Crippen LogP contribution in [0.2, 0.25) is 0 Å². The maximum Gasteiger partial charge on any atom is 0.253 e. The Kier molecular flexibility index (Phi) is 6.75. The third-order valence-corrected chi connectivity index (χ3v) is 3.51. The number of hydroxylamine groups is 1. The van der Waals surface area contributed by atoms with Gasteiger partial charge in [0, 0.05) is 20.7 Å². The summed E-state index contributed by atoms with van der Waals surface area (Å²) in [6.07, 6.45) is -0.645. The minimum Gasteiger partial charge on any atom is -0.367 e. The van der Waals surface area contributed by atoms with E-state index in [2.05, 4.69) is 10.8 Å². The lowest BCUT2D eigenvalue weighted by atomic mass is 10.0. The zero-order chi connectivity index (χ0) is 16.5. The minimum atomic E-state index is -0.645. The fraction of sp³-hybridized carbons (Fsp3) is 0.278. The molecule has 0 fully saturated rings. The first-order valence-electron chi connectivity index (χ1n) is 7.47. The Bertz CT molecular complexity index is 617. The standard InChI is InChI=1S/C18H22N2O3/c1-19-18(21)17(22-2)16-11-7-6-10-15(16)13-23-20-12-14-8-4-3-5-9-14/h3-11,17,20H,12-13H2,1-2H3,(H,19,21). The second-order valence-corrected chi connectivity index (χ2v) is 5.02. The largest absolute Gasteiger partial charge is 0.367 e. The molecule has 0 bridgehead atoms. The number of ether oxygens (including phenoxy) is 1. The summed E-state index contributed by atoms with van der Waals surface area (Å²) in [4.78, 5) is 17.5. The minimum absolute atomic E-state index is 0.183. The van der Waals surface area contributed by atoms with Crippen molar-refractivity contribution < 1.29 is 14.4 Å². The van der Waals surface area contributed by atoms with Crippen LogP contribution >= 0.6 is 0 Å². The van der Waals surface area contributed by atoms with Crippen LogP contribution in [0.1, 0.15) is 22.8 Å². The number of rotatable bonds is 8. The van der Waals surface area contributed by atoms with Crippen molar-refractivity contribution in [3.63, 3.8) is 0 Å². The highest BCUT2D eigenvalue weighted by molar-refractivity contribution is 5.82. The molecule has 5 heteroatoms. The number of carbonyl (C=O) groups is 1. The molecule has 2 aromatic carbocycles. The topological polar surface area (TPSA) is 59.6 Å². The summed E-state index contributed by atoms with van der Waals surface area (Å²) in [6, 6.07) is 17.6. The highest BCUT2D eigenvalue weighted by atomic mass is 16.6. The number of amides is 1. The van der Waals surface area contributed by atoms with Crippen LogP contribution in [0.3, 0.4) is 0 Å². The molecule has 2 aromatic rings. The Hall–Kier alpha value is -2.21. The third-order valence-electron chi connectivity index (χ3n) is 3.51. The van der Waals surface area contributed by atoms with Gasteiger partial charge in [0.15, 0.2) is 6.10 Å². The number of hydrogen-bond donors (Lipinski definition) is 2. The average Bonchev–Trinajstić information content (AvgIpc) is 2.61. The van der Waals surface area contributed by atoms with Crippen molar-refractivity contribution in [1.82, 2.24) is 10.8 Å². The van der Waals surface area contributed by atoms with Crippen LogP contribution in [0.4, 0.5) is 0 Å². The zero-order valence-corrected chi connectivity index (χ0v) is 13.4. The first-order valence-corrected chi connectivity index (χ1v) is 7.47. The molecule has 0 saturated carbocycles. The lowest BCUT2D eigenvalue weighted by Gasteiger charge is -2.18. The summed E-state index contributed by atoms with van der Waals surface area (Å²) in [5.41, 5.74) is 5.78. The van der Waals surface area contributed by atoms with Crippen LogP contribution in [0, 0.1) is 0 Å². The lowest BCUT2D eigenvalue weighted by Crippen LogP contribution is -2.28. The van der Waals surface area contributed by atoms with Crippen LogP contribution < -0.4 is 10.8 Å². The van der Waals surface area contributed by atoms with E-state index in [0.29, 0.717) is 13.2 Å². The molecular weight excluding hydrogens is 292 g/mol. The molecule has 0 heterocycles. The summed E-state index contributed by atoms with van der Waals surface area (Å²) in [7, 11) is 3.11. The number of nitrogens with one attached hydrogen (secondary N) is 2. The summed E-state index contributed by atoms with van der Waals surface area (Å²) in [5.74, 6) is -0.183. The maximum absolute atomic E-state index is 11.9. The van der Waals surface area contributed by atoms with E-state index in [0.717, 1.165) is 16.7 Å². The molecular formula is C18H22N2O3. The van der Waals surface area contributed by atoms with E-state index in [9.17, 15) is 4.79 Å². The van der Waals surface area contributed by atoms with Gasteiger partial charge >= 0.3 is 0 Å². The van der Waals surface area contributed by atoms with Gasteiger partial charge < -0.3 is 10.1 Å². The van der Waals surface area contributed by atoms with Crippen molar-refractivity contribution in [3.05, 3.63) is 71.3 Å². The van der Waals surface area contributed by atoms with Crippen molar-refractivity contribution in [1.29, 1.82) is 0 Å². The second-order valence-electron chi connectivity index (χ2n) is 5.02. The predicted molar refractivity (Wildman–Crippen MR) is 88.3 cm³/mol. The first-order chi connectivity index (χ1) is 11.3. The van der Waals surface area contributed by atoms with E-state index in [-0.39, 0.29) is 5.91 Å². The third kappa shape index (κ3) is 4.89. The normalized spacial score (nSPS) is 11.9. The zero-order valence-electron chi connectivity index (χ0n) is 13.4. The van der Waals surface area contributed by atoms with Gasteiger partial charge in [-0.1, -0.05) is 54.6 Å². The fourth-order valence-electron chi connectivity index (χ4n) is 2.29. The number of benzene rings is 2. The number of carbonyl (C=O) groups excluding carboxylic acids is 1. The highest BCUT2D eigenvalue weighted by Gasteiger charge is 2.21. The van der Waals surface area contributed by atoms with Gasteiger partial charge in [-0.3, -0.25) is 9.63 Å². The van der Waals surface area contributed by atoms with E-state index < -0.39 is 6.10 Å². The summed E-state index contributed by atoms with van der Waals surface area (Å²) in [5, 5.41) is 2.61. The van der Waals surface area contributed by atoms with Gasteiger partial charge in [-0.25, -0.2) is 0 Å². The molecule has 0 aliphatic rings. The number of likely N-dealkylation sites (N-methyl/N-ethyl adjacent to an activating group) is 1. The summed E-state index contributed by atoms with van der Waals surface area (Å²) >= 11 is 0. The molecule has 1 atom stereocenters. The Balaban J connectivity index is 1.96. The molecule has 122 valence electrons. The van der Waals surface area contributed by atoms with Crippen LogP contribution in [0.25, 0.3) is 0 Å². The Morgan fingerprint density at radius 1 is 1.09 bits per heavy atom. The summed E-state index contributed by atoms with van der Waals surface area (Å²) in [6.45, 7) is 0.964. The van der Waals surface area contributed by atoms with Crippen molar-refractivity contribution in [2.24, 2.45) is 0 Å². The molecule has 23 heavy (non-hydrogen) atoms. The van der Waals surface area contributed by atoms with Crippen LogP contribution in [0.5, 0.6) is 0 Å². The van der Waals surface area contributed by atoms with Gasteiger partial charge in [0.05, 0.1) is 6.61 Å². The fourth-order valence-corrected chi connectivity index (χ4v) is 2.29. The molecule has 0 spiro atoms. The molecule has 5 nitrogen and oxygen atoms in total. The molecule has 0 aliphatic heterocycles. The SMILES string of the molecule is CNC(=O)C(OC)c1ccccc1CONCc1ccccc1. The van der Waals surface area contributed by atoms with Crippen molar-refractivity contribution in [2.75, 3.05) is 14.2 Å². The molecule has 0 aromatic heterocycles. The number of hydrogen-bond acceptors (Lipinski definition) is 4. The van der Waals surface area contributed by atoms with Crippen LogP contribution in [-0.2, 0) is 27.5 Å². The van der Waals surface area contributed by atoms with Crippen LogP contribution in [0.15, 0.2) is 54.6 Å². The monoisotopic (exact) mass is 314 g/mol. The Morgan fingerprint density at radius 2 is 1.78 bits per heavy atom.